The second-order valence-corrected chi connectivity index (χ2v) is 9.89. The number of benzene rings is 2. The Bertz CT molecular complexity index is 965. The molecule has 148 valence electrons. The summed E-state index contributed by atoms with van der Waals surface area (Å²) >= 11 is 6.28. The van der Waals surface area contributed by atoms with Gasteiger partial charge in [0.05, 0.1) is 15.6 Å². The average molecular weight is 419 g/mol. The number of para-hydroxylation sites is 1. The van der Waals surface area contributed by atoms with Crippen LogP contribution >= 0.6 is 11.6 Å². The van der Waals surface area contributed by atoms with Gasteiger partial charge in [-0.15, -0.1) is 0 Å². The number of carbonyl (C=O) groups excluding carboxylic acids is 1. The molecule has 2 aromatic rings. The second kappa shape index (κ2) is 7.76. The highest BCUT2D eigenvalue weighted by molar-refractivity contribution is 7.92. The Morgan fingerprint density at radius 1 is 1.04 bits per heavy atom. The van der Waals surface area contributed by atoms with Crippen molar-refractivity contribution in [2.75, 3.05) is 10.8 Å². The first-order valence-corrected chi connectivity index (χ1v) is 11.4. The molecular formula is C21H23ClN2O3S. The first-order valence-electron chi connectivity index (χ1n) is 9.57. The van der Waals surface area contributed by atoms with Gasteiger partial charge in [0.2, 0.25) is 5.91 Å². The number of anilines is 1. The van der Waals surface area contributed by atoms with Gasteiger partial charge in [-0.3, -0.25) is 9.10 Å². The van der Waals surface area contributed by atoms with Crippen molar-refractivity contribution in [2.24, 2.45) is 11.8 Å². The van der Waals surface area contributed by atoms with Crippen LogP contribution in [0.5, 0.6) is 0 Å². The molecule has 5 nitrogen and oxygen atoms in total. The Kier molecular flexibility index (Phi) is 5.34. The van der Waals surface area contributed by atoms with E-state index in [1.165, 1.54) is 25.0 Å². The van der Waals surface area contributed by atoms with Crippen LogP contribution in [0.3, 0.4) is 0 Å². The molecule has 0 saturated heterocycles. The van der Waals surface area contributed by atoms with Crippen LogP contribution in [0.15, 0.2) is 59.5 Å². The van der Waals surface area contributed by atoms with Gasteiger partial charge in [0.1, 0.15) is 6.54 Å². The van der Waals surface area contributed by atoms with Gasteiger partial charge in [0.15, 0.2) is 0 Å². The molecule has 7 heteroatoms. The molecular weight excluding hydrogens is 396 g/mol. The van der Waals surface area contributed by atoms with E-state index in [9.17, 15) is 13.2 Å². The molecule has 2 aliphatic carbocycles. The van der Waals surface area contributed by atoms with Crippen LogP contribution in [0.2, 0.25) is 5.02 Å². The zero-order valence-corrected chi connectivity index (χ0v) is 17.0. The number of halogens is 1. The molecule has 2 aromatic carbocycles. The van der Waals surface area contributed by atoms with E-state index >= 15 is 0 Å². The molecule has 0 unspecified atom stereocenters. The number of sulfonamides is 1. The van der Waals surface area contributed by atoms with Crippen molar-refractivity contribution in [1.29, 1.82) is 0 Å². The Labute approximate surface area is 170 Å². The number of rotatable bonds is 6. The molecule has 0 heterocycles. The first kappa shape index (κ1) is 19.3. The van der Waals surface area contributed by atoms with E-state index in [2.05, 4.69) is 5.32 Å². The molecule has 2 fully saturated rings. The summed E-state index contributed by atoms with van der Waals surface area (Å²) in [6.07, 6.45) is 4.55. The third kappa shape index (κ3) is 3.76. The lowest BCUT2D eigenvalue weighted by Crippen LogP contribution is -2.46. The van der Waals surface area contributed by atoms with Gasteiger partial charge >= 0.3 is 0 Å². The lowest BCUT2D eigenvalue weighted by Gasteiger charge is -2.27. The van der Waals surface area contributed by atoms with Gasteiger partial charge in [-0.05, 0) is 55.4 Å². The molecule has 0 aromatic heterocycles. The maximum atomic E-state index is 13.3. The van der Waals surface area contributed by atoms with Gasteiger partial charge < -0.3 is 5.32 Å². The molecule has 3 atom stereocenters. The highest BCUT2D eigenvalue weighted by Crippen LogP contribution is 2.44. The largest absolute Gasteiger partial charge is 0.352 e. The topological polar surface area (TPSA) is 66.5 Å². The van der Waals surface area contributed by atoms with E-state index in [4.69, 9.17) is 11.6 Å². The number of nitrogens with one attached hydrogen (secondary N) is 1. The molecule has 1 amide bonds. The summed E-state index contributed by atoms with van der Waals surface area (Å²) in [4.78, 5) is 12.9. The van der Waals surface area contributed by atoms with Crippen molar-refractivity contribution in [3.8, 4) is 0 Å². The zero-order chi connectivity index (χ0) is 19.7. The summed E-state index contributed by atoms with van der Waals surface area (Å²) in [5.41, 5.74) is 0.302. The van der Waals surface area contributed by atoms with Crippen molar-refractivity contribution in [1.82, 2.24) is 5.32 Å². The lowest BCUT2D eigenvalue weighted by atomic mass is 9.95. The minimum Gasteiger partial charge on any atom is -0.352 e. The Balaban J connectivity index is 1.60. The Hall–Kier alpha value is -2.05. The fraction of sp³-hybridized carbons (Fsp3) is 0.381. The molecule has 0 spiro atoms. The van der Waals surface area contributed by atoms with Crippen molar-refractivity contribution >= 4 is 33.2 Å². The predicted octanol–water partition coefficient (Wildman–Crippen LogP) is 3.84. The van der Waals surface area contributed by atoms with E-state index in [1.54, 1.807) is 42.5 Å². The maximum absolute atomic E-state index is 13.3. The third-order valence-corrected chi connectivity index (χ3v) is 7.92. The van der Waals surface area contributed by atoms with Crippen LogP contribution in [0, 0.1) is 11.8 Å². The van der Waals surface area contributed by atoms with Gasteiger partial charge in [-0.2, -0.15) is 0 Å². The third-order valence-electron chi connectivity index (χ3n) is 5.82. The van der Waals surface area contributed by atoms with Crippen LogP contribution in [-0.4, -0.2) is 26.9 Å². The van der Waals surface area contributed by atoms with Crippen LogP contribution < -0.4 is 9.62 Å². The quantitative estimate of drug-likeness (QED) is 0.775. The minimum atomic E-state index is -3.93. The van der Waals surface area contributed by atoms with E-state index < -0.39 is 10.0 Å². The number of nitrogens with zero attached hydrogens (tertiary/aromatic N) is 1. The van der Waals surface area contributed by atoms with Gasteiger partial charge in [-0.25, -0.2) is 8.42 Å². The van der Waals surface area contributed by atoms with Crippen LogP contribution in [-0.2, 0) is 14.8 Å². The summed E-state index contributed by atoms with van der Waals surface area (Å²) in [5, 5.41) is 3.35. The number of amides is 1. The fourth-order valence-corrected chi connectivity index (χ4v) is 6.23. The van der Waals surface area contributed by atoms with Gasteiger partial charge in [0.25, 0.3) is 10.0 Å². The summed E-state index contributed by atoms with van der Waals surface area (Å²) in [6, 6.07) is 14.9. The molecule has 0 radical (unpaired) electrons. The summed E-state index contributed by atoms with van der Waals surface area (Å²) in [6.45, 7) is -0.297. The number of carbonyl (C=O) groups is 1. The first-order chi connectivity index (χ1) is 13.4. The van der Waals surface area contributed by atoms with Crippen molar-refractivity contribution in [2.45, 2.75) is 36.6 Å². The van der Waals surface area contributed by atoms with Gasteiger partial charge in [-0.1, -0.05) is 48.4 Å². The molecule has 2 bridgehead atoms. The monoisotopic (exact) mass is 418 g/mol. The molecule has 2 aliphatic rings. The van der Waals surface area contributed by atoms with E-state index in [0.29, 0.717) is 17.5 Å². The van der Waals surface area contributed by atoms with Gasteiger partial charge in [0, 0.05) is 6.04 Å². The summed E-state index contributed by atoms with van der Waals surface area (Å²) in [7, 11) is -3.93. The minimum absolute atomic E-state index is 0.127. The van der Waals surface area contributed by atoms with Crippen LogP contribution in [0.4, 0.5) is 5.69 Å². The molecule has 0 aliphatic heterocycles. The molecule has 28 heavy (non-hydrogen) atoms. The lowest BCUT2D eigenvalue weighted by molar-refractivity contribution is -0.120. The van der Waals surface area contributed by atoms with Crippen LogP contribution in [0.1, 0.15) is 25.7 Å². The van der Waals surface area contributed by atoms with Crippen molar-refractivity contribution in [3.63, 3.8) is 0 Å². The molecule has 1 N–H and O–H groups in total. The number of hydrogen-bond donors (Lipinski definition) is 1. The second-order valence-electron chi connectivity index (χ2n) is 7.63. The Morgan fingerprint density at radius 3 is 2.39 bits per heavy atom. The predicted molar refractivity (Wildman–Crippen MR) is 110 cm³/mol. The highest BCUT2D eigenvalue weighted by Gasteiger charge is 2.40. The zero-order valence-electron chi connectivity index (χ0n) is 15.4. The Morgan fingerprint density at radius 2 is 1.75 bits per heavy atom. The van der Waals surface area contributed by atoms with Crippen molar-refractivity contribution < 1.29 is 13.2 Å². The summed E-state index contributed by atoms with van der Waals surface area (Å²) in [5.74, 6) is 0.924. The maximum Gasteiger partial charge on any atom is 0.264 e. The standard InChI is InChI=1S/C21H23ClN2O3S/c22-18-8-4-5-9-20(18)24(28(26,27)17-6-2-1-3-7-17)14-21(25)23-19-13-15-10-11-16(19)12-15/h1-9,15-16,19H,10-14H2,(H,23,25)/t15-,16-,19-/m1/s1. The highest BCUT2D eigenvalue weighted by atomic mass is 35.5. The molecule has 4 rings (SSSR count). The summed E-state index contributed by atoms with van der Waals surface area (Å²) < 4.78 is 27.6. The molecule has 2 saturated carbocycles. The van der Waals surface area contributed by atoms with E-state index in [-0.39, 0.29) is 28.4 Å². The SMILES string of the molecule is O=C(CN(c1ccccc1Cl)S(=O)(=O)c1ccccc1)N[C@@H]1C[C@@H]2CC[C@@H]1C2. The average Bonchev–Trinajstić information content (AvgIpc) is 3.30. The normalized spacial score (nSPS) is 23.5. The smallest absolute Gasteiger partial charge is 0.264 e. The van der Waals surface area contributed by atoms with E-state index in [0.717, 1.165) is 17.1 Å². The fourth-order valence-electron chi connectivity index (χ4n) is 4.48. The number of hydrogen-bond acceptors (Lipinski definition) is 3. The van der Waals surface area contributed by atoms with Crippen LogP contribution in [0.25, 0.3) is 0 Å². The van der Waals surface area contributed by atoms with E-state index in [1.807, 2.05) is 0 Å². The number of fused-ring (bicyclic) bond motifs is 2. The van der Waals surface area contributed by atoms with Crippen molar-refractivity contribution in [3.05, 3.63) is 59.6 Å².